The fraction of sp³-hybridized carbons (Fsp3) is 0.682. The summed E-state index contributed by atoms with van der Waals surface area (Å²) in [6.45, 7) is 7.84. The van der Waals surface area contributed by atoms with E-state index >= 15 is 0 Å². The van der Waals surface area contributed by atoms with E-state index in [1.165, 1.54) is 0 Å². The maximum atomic E-state index is 13.6. The first kappa shape index (κ1) is 21.3. The highest BCUT2D eigenvalue weighted by Gasteiger charge is 2.55. The number of anilines is 1. The van der Waals surface area contributed by atoms with E-state index in [1.54, 1.807) is 23.5 Å². The molecule has 31 heavy (non-hydrogen) atoms. The lowest BCUT2D eigenvalue weighted by atomic mass is 9.91. The Morgan fingerprint density at radius 3 is 2.74 bits per heavy atom. The summed E-state index contributed by atoms with van der Waals surface area (Å²) in [5.74, 6) is -0.374. The van der Waals surface area contributed by atoms with Crippen LogP contribution in [0.15, 0.2) is 28.1 Å². The van der Waals surface area contributed by atoms with Crippen molar-refractivity contribution < 1.29 is 22.6 Å². The van der Waals surface area contributed by atoms with Gasteiger partial charge < -0.3 is 19.1 Å². The molecule has 0 aromatic heterocycles. The van der Waals surface area contributed by atoms with Gasteiger partial charge in [0, 0.05) is 43.8 Å². The summed E-state index contributed by atoms with van der Waals surface area (Å²) in [6.07, 6.45) is 2.46. The monoisotopic (exact) mass is 449 g/mol. The van der Waals surface area contributed by atoms with Gasteiger partial charge in [-0.3, -0.25) is 4.99 Å². The van der Waals surface area contributed by atoms with Gasteiger partial charge in [-0.2, -0.15) is 4.31 Å². The number of methoxy groups -OCH3 is 1. The summed E-state index contributed by atoms with van der Waals surface area (Å²) in [5.41, 5.74) is 1.67. The molecule has 1 aromatic carbocycles. The zero-order valence-corrected chi connectivity index (χ0v) is 19.3. The van der Waals surface area contributed by atoms with Gasteiger partial charge in [-0.15, -0.1) is 0 Å². The second kappa shape index (κ2) is 7.52. The van der Waals surface area contributed by atoms with Crippen LogP contribution in [0.2, 0.25) is 0 Å². The third kappa shape index (κ3) is 3.33. The summed E-state index contributed by atoms with van der Waals surface area (Å²) >= 11 is 0. The lowest BCUT2D eigenvalue weighted by molar-refractivity contribution is -0.228. The third-order valence-corrected chi connectivity index (χ3v) is 8.54. The van der Waals surface area contributed by atoms with Crippen LogP contribution < -0.4 is 4.90 Å². The standard InChI is InChI=1S/C22H31N3O5S/c1-21(2)14-23-20-22(29-10-5-11-30-22)18-12-17(7-8-19(18)24(20)15-21)31(26,27)25-9-4-6-16(25)13-28-3/h7-8,12,16H,4-6,9-11,13-15H2,1-3H3/t16-/m1/s1. The van der Waals surface area contributed by atoms with E-state index in [2.05, 4.69) is 18.7 Å². The van der Waals surface area contributed by atoms with Crippen LogP contribution in [0.3, 0.4) is 0 Å². The maximum absolute atomic E-state index is 13.6. The first-order valence-electron chi connectivity index (χ1n) is 11.0. The highest BCUT2D eigenvalue weighted by atomic mass is 32.2. The molecule has 4 aliphatic rings. The summed E-state index contributed by atoms with van der Waals surface area (Å²) in [6, 6.07) is 5.20. The van der Waals surface area contributed by atoms with Gasteiger partial charge in [0.05, 0.1) is 30.4 Å². The lowest BCUT2D eigenvalue weighted by Gasteiger charge is -2.40. The van der Waals surface area contributed by atoms with Crippen molar-refractivity contribution in [3.63, 3.8) is 0 Å². The first-order valence-corrected chi connectivity index (χ1v) is 12.5. The number of nitrogens with zero attached hydrogens (tertiary/aromatic N) is 3. The molecule has 9 heteroatoms. The van der Waals surface area contributed by atoms with E-state index in [9.17, 15) is 8.42 Å². The number of rotatable bonds is 4. The number of hydrogen-bond donors (Lipinski definition) is 0. The zero-order valence-electron chi connectivity index (χ0n) is 18.5. The number of fused-ring (bicyclic) bond motifs is 5. The molecule has 2 saturated heterocycles. The van der Waals surface area contributed by atoms with Crippen LogP contribution in [0, 0.1) is 5.41 Å². The molecular formula is C22H31N3O5S. The predicted molar refractivity (Wildman–Crippen MR) is 117 cm³/mol. The van der Waals surface area contributed by atoms with E-state index < -0.39 is 15.8 Å². The Hall–Kier alpha value is -1.52. The number of amidine groups is 1. The molecule has 0 amide bonds. The minimum atomic E-state index is -3.66. The van der Waals surface area contributed by atoms with Crippen molar-refractivity contribution >= 4 is 21.5 Å². The fourth-order valence-electron chi connectivity index (χ4n) is 5.14. The van der Waals surface area contributed by atoms with Crippen LogP contribution in [0.1, 0.15) is 38.7 Å². The van der Waals surface area contributed by atoms with Gasteiger partial charge in [0.2, 0.25) is 10.0 Å². The van der Waals surface area contributed by atoms with Crippen LogP contribution in [0.4, 0.5) is 5.69 Å². The number of benzene rings is 1. The summed E-state index contributed by atoms with van der Waals surface area (Å²) < 4.78 is 46.4. The van der Waals surface area contributed by atoms with Crippen molar-refractivity contribution in [2.75, 3.05) is 51.5 Å². The Morgan fingerprint density at radius 2 is 2.00 bits per heavy atom. The molecule has 1 aromatic rings. The van der Waals surface area contributed by atoms with E-state index in [-0.39, 0.29) is 16.4 Å². The molecule has 170 valence electrons. The predicted octanol–water partition coefficient (Wildman–Crippen LogP) is 2.33. The third-order valence-electron chi connectivity index (χ3n) is 6.59. The van der Waals surface area contributed by atoms with Crippen molar-refractivity contribution in [2.24, 2.45) is 10.4 Å². The minimum Gasteiger partial charge on any atom is -0.383 e. The fourth-order valence-corrected chi connectivity index (χ4v) is 6.85. The molecule has 2 fully saturated rings. The van der Waals surface area contributed by atoms with E-state index in [4.69, 9.17) is 19.2 Å². The zero-order chi connectivity index (χ0) is 21.9. The van der Waals surface area contributed by atoms with Crippen LogP contribution in [-0.4, -0.2) is 71.2 Å². The Kier molecular flexibility index (Phi) is 5.17. The Labute approximate surface area is 184 Å². The molecule has 0 N–H and O–H groups in total. The van der Waals surface area contributed by atoms with Gasteiger partial charge in [0.1, 0.15) is 0 Å². The van der Waals surface area contributed by atoms with Gasteiger partial charge in [0.25, 0.3) is 5.79 Å². The molecular weight excluding hydrogens is 418 g/mol. The van der Waals surface area contributed by atoms with Crippen molar-refractivity contribution in [1.29, 1.82) is 0 Å². The van der Waals surface area contributed by atoms with E-state index in [0.717, 1.165) is 42.9 Å². The number of ether oxygens (including phenoxy) is 3. The molecule has 0 radical (unpaired) electrons. The average molecular weight is 450 g/mol. The van der Waals surface area contributed by atoms with Crippen LogP contribution in [-0.2, 0) is 30.0 Å². The molecule has 0 unspecified atom stereocenters. The quantitative estimate of drug-likeness (QED) is 0.702. The molecule has 8 nitrogen and oxygen atoms in total. The maximum Gasteiger partial charge on any atom is 0.257 e. The molecule has 4 heterocycles. The summed E-state index contributed by atoms with van der Waals surface area (Å²) in [5, 5.41) is 0. The topological polar surface area (TPSA) is 80.7 Å². The second-order valence-corrected chi connectivity index (χ2v) is 11.5. The van der Waals surface area contributed by atoms with Crippen molar-refractivity contribution in [2.45, 2.75) is 49.8 Å². The molecule has 1 spiro atoms. The van der Waals surface area contributed by atoms with Crippen LogP contribution in [0.25, 0.3) is 0 Å². The second-order valence-electron chi connectivity index (χ2n) is 9.60. The molecule has 4 aliphatic heterocycles. The molecule has 1 atom stereocenters. The van der Waals surface area contributed by atoms with Gasteiger partial charge in [-0.1, -0.05) is 13.8 Å². The van der Waals surface area contributed by atoms with Crippen molar-refractivity contribution in [3.05, 3.63) is 23.8 Å². The highest BCUT2D eigenvalue weighted by Crippen LogP contribution is 2.49. The lowest BCUT2D eigenvalue weighted by Crippen LogP contribution is -2.52. The van der Waals surface area contributed by atoms with E-state index in [0.29, 0.717) is 32.9 Å². The molecule has 0 saturated carbocycles. The Bertz CT molecular complexity index is 1000. The van der Waals surface area contributed by atoms with E-state index in [1.807, 2.05) is 6.07 Å². The Balaban J connectivity index is 1.59. The van der Waals surface area contributed by atoms with Crippen LogP contribution >= 0.6 is 0 Å². The van der Waals surface area contributed by atoms with Gasteiger partial charge >= 0.3 is 0 Å². The number of sulfonamides is 1. The van der Waals surface area contributed by atoms with Gasteiger partial charge in [-0.05, 0) is 37.5 Å². The van der Waals surface area contributed by atoms with Crippen molar-refractivity contribution in [3.8, 4) is 0 Å². The Morgan fingerprint density at radius 1 is 1.23 bits per heavy atom. The normalized spacial score (nSPS) is 27.3. The molecule has 0 bridgehead atoms. The average Bonchev–Trinajstić information content (AvgIpc) is 3.31. The van der Waals surface area contributed by atoms with Gasteiger partial charge in [0.15, 0.2) is 5.84 Å². The largest absolute Gasteiger partial charge is 0.383 e. The first-order chi connectivity index (χ1) is 14.8. The summed E-state index contributed by atoms with van der Waals surface area (Å²) in [7, 11) is -2.05. The SMILES string of the molecule is COC[C@H]1CCCN1S(=O)(=O)c1ccc2c(c1)C1(OCCCO1)C1=NCC(C)(C)CN12. The number of hydrogen-bond acceptors (Lipinski definition) is 7. The van der Waals surface area contributed by atoms with Gasteiger partial charge in [-0.25, -0.2) is 8.42 Å². The highest BCUT2D eigenvalue weighted by molar-refractivity contribution is 7.89. The number of aliphatic imine (C=N–C) groups is 1. The minimum absolute atomic E-state index is 0.00857. The molecule has 0 aliphatic carbocycles. The molecule has 5 rings (SSSR count). The summed E-state index contributed by atoms with van der Waals surface area (Å²) in [4.78, 5) is 7.27. The smallest absolute Gasteiger partial charge is 0.257 e. The van der Waals surface area contributed by atoms with Crippen molar-refractivity contribution in [1.82, 2.24) is 4.31 Å². The van der Waals surface area contributed by atoms with Crippen LogP contribution in [0.5, 0.6) is 0 Å².